The quantitative estimate of drug-likeness (QED) is 0.860. The zero-order chi connectivity index (χ0) is 12.3. The van der Waals surface area contributed by atoms with Crippen LogP contribution in [0.4, 0.5) is 11.6 Å². The minimum absolute atomic E-state index is 0.368. The van der Waals surface area contributed by atoms with Crippen LogP contribution in [-0.4, -0.2) is 42.3 Å². The summed E-state index contributed by atoms with van der Waals surface area (Å²) >= 11 is 0. The second kappa shape index (κ2) is 5.31. The van der Waals surface area contributed by atoms with Gasteiger partial charge in [-0.3, -0.25) is 0 Å². The molecule has 0 radical (unpaired) electrons. The number of hydrogen-bond acceptors (Lipinski definition) is 5. The molecule has 0 aliphatic carbocycles. The molecular weight excluding hydrogens is 216 g/mol. The highest BCUT2D eigenvalue weighted by Gasteiger charge is 2.20. The molecule has 0 aromatic carbocycles. The molecule has 2 heterocycles. The molecule has 5 nitrogen and oxygen atoms in total. The summed E-state index contributed by atoms with van der Waals surface area (Å²) in [6, 6.07) is 2.38. The third-order valence-corrected chi connectivity index (χ3v) is 2.84. The highest BCUT2D eigenvalue weighted by molar-refractivity contribution is 5.50. The molecule has 1 N–H and O–H groups in total. The first kappa shape index (κ1) is 12.1. The molecule has 1 aliphatic rings. The lowest BCUT2D eigenvalue weighted by atomic mass is 10.2. The lowest BCUT2D eigenvalue weighted by Gasteiger charge is -2.34. The highest BCUT2D eigenvalue weighted by atomic mass is 16.5. The number of rotatable bonds is 3. The Kier molecular flexibility index (Phi) is 3.78. The van der Waals surface area contributed by atoms with E-state index in [9.17, 15) is 0 Å². The van der Waals surface area contributed by atoms with E-state index >= 15 is 0 Å². The molecule has 17 heavy (non-hydrogen) atoms. The minimum Gasteiger partial charge on any atom is -0.377 e. The van der Waals surface area contributed by atoms with Crippen LogP contribution in [0.2, 0.25) is 0 Å². The van der Waals surface area contributed by atoms with Crippen molar-refractivity contribution in [3.8, 4) is 0 Å². The predicted octanol–water partition coefficient (Wildman–Crippen LogP) is 1.44. The van der Waals surface area contributed by atoms with E-state index in [0.29, 0.717) is 6.04 Å². The molecule has 1 atom stereocenters. The fourth-order valence-electron chi connectivity index (χ4n) is 2.04. The van der Waals surface area contributed by atoms with Crippen molar-refractivity contribution < 1.29 is 4.74 Å². The Bertz CT molecular complexity index is 383. The van der Waals surface area contributed by atoms with Crippen LogP contribution in [0.1, 0.15) is 19.7 Å². The zero-order valence-electron chi connectivity index (χ0n) is 10.7. The van der Waals surface area contributed by atoms with Crippen LogP contribution in [0.3, 0.4) is 0 Å². The number of nitrogens with one attached hydrogen (secondary N) is 1. The molecule has 1 aromatic rings. The monoisotopic (exact) mass is 236 g/mol. The van der Waals surface area contributed by atoms with Crippen molar-refractivity contribution in [1.82, 2.24) is 9.97 Å². The molecule has 1 aliphatic heterocycles. The third kappa shape index (κ3) is 2.85. The van der Waals surface area contributed by atoms with Gasteiger partial charge in [-0.15, -0.1) is 0 Å². The van der Waals surface area contributed by atoms with Gasteiger partial charge in [0.05, 0.1) is 19.3 Å². The fourth-order valence-corrected chi connectivity index (χ4v) is 2.04. The molecule has 0 spiro atoms. The zero-order valence-corrected chi connectivity index (χ0v) is 10.7. The average Bonchev–Trinajstić information content (AvgIpc) is 2.29. The summed E-state index contributed by atoms with van der Waals surface area (Å²) in [7, 11) is 0. The molecule has 1 fully saturated rings. The topological polar surface area (TPSA) is 50.3 Å². The van der Waals surface area contributed by atoms with Gasteiger partial charge in [-0.2, -0.15) is 0 Å². The number of aryl methyl sites for hydroxylation is 1. The van der Waals surface area contributed by atoms with E-state index in [2.05, 4.69) is 34.0 Å². The molecular formula is C12H20N4O. The number of anilines is 2. The highest BCUT2D eigenvalue weighted by Crippen LogP contribution is 2.20. The number of hydrogen-bond donors (Lipinski definition) is 1. The van der Waals surface area contributed by atoms with E-state index in [1.54, 1.807) is 0 Å². The van der Waals surface area contributed by atoms with Crippen molar-refractivity contribution in [2.45, 2.75) is 26.8 Å². The van der Waals surface area contributed by atoms with Crippen molar-refractivity contribution in [2.24, 2.45) is 0 Å². The Morgan fingerprint density at radius 3 is 3.06 bits per heavy atom. The van der Waals surface area contributed by atoms with Crippen LogP contribution in [0.25, 0.3) is 0 Å². The Balaban J connectivity index is 2.24. The lowest BCUT2D eigenvalue weighted by molar-refractivity contribution is 0.0985. The maximum Gasteiger partial charge on any atom is 0.134 e. The maximum atomic E-state index is 5.44. The molecule has 0 amide bonds. The van der Waals surface area contributed by atoms with Gasteiger partial charge >= 0.3 is 0 Å². The Hall–Kier alpha value is -1.36. The van der Waals surface area contributed by atoms with Gasteiger partial charge < -0.3 is 15.0 Å². The van der Waals surface area contributed by atoms with Gasteiger partial charge in [0.25, 0.3) is 0 Å². The largest absolute Gasteiger partial charge is 0.377 e. The van der Waals surface area contributed by atoms with Gasteiger partial charge in [-0.1, -0.05) is 0 Å². The van der Waals surface area contributed by atoms with Crippen molar-refractivity contribution >= 4 is 11.6 Å². The number of morpholine rings is 1. The fraction of sp³-hybridized carbons (Fsp3) is 0.667. The van der Waals surface area contributed by atoms with Gasteiger partial charge in [-0.05, 0) is 20.8 Å². The molecule has 0 bridgehead atoms. The Morgan fingerprint density at radius 1 is 1.53 bits per heavy atom. The number of aromatic nitrogens is 2. The van der Waals surface area contributed by atoms with Gasteiger partial charge in [0.1, 0.15) is 17.5 Å². The van der Waals surface area contributed by atoms with Crippen LogP contribution < -0.4 is 10.2 Å². The first-order chi connectivity index (χ1) is 8.20. The summed E-state index contributed by atoms with van der Waals surface area (Å²) in [5.41, 5.74) is 0. The maximum absolute atomic E-state index is 5.44. The van der Waals surface area contributed by atoms with Crippen LogP contribution in [0.15, 0.2) is 6.07 Å². The number of ether oxygens (including phenoxy) is 1. The Morgan fingerprint density at radius 2 is 2.35 bits per heavy atom. The van der Waals surface area contributed by atoms with Crippen LogP contribution in [0, 0.1) is 6.92 Å². The van der Waals surface area contributed by atoms with Gasteiger partial charge in [0, 0.05) is 19.2 Å². The second-order valence-corrected chi connectivity index (χ2v) is 4.31. The predicted molar refractivity (Wildman–Crippen MR) is 68.6 cm³/mol. The molecule has 94 valence electrons. The molecule has 0 saturated carbocycles. The lowest BCUT2D eigenvalue weighted by Crippen LogP contribution is -2.44. The van der Waals surface area contributed by atoms with E-state index in [-0.39, 0.29) is 0 Å². The van der Waals surface area contributed by atoms with Crippen molar-refractivity contribution in [3.63, 3.8) is 0 Å². The molecule has 1 aromatic heterocycles. The number of nitrogens with zero attached hydrogens (tertiary/aromatic N) is 3. The minimum atomic E-state index is 0.368. The summed E-state index contributed by atoms with van der Waals surface area (Å²) < 4.78 is 5.44. The second-order valence-electron chi connectivity index (χ2n) is 4.31. The standard InChI is InChI=1S/C12H20N4O/c1-4-13-11-7-12(15-10(3)14-11)16-5-6-17-8-9(16)2/h7,9H,4-6,8H2,1-3H3,(H,13,14,15). The van der Waals surface area contributed by atoms with Crippen molar-refractivity contribution in [2.75, 3.05) is 36.5 Å². The molecule has 1 unspecified atom stereocenters. The first-order valence-corrected chi connectivity index (χ1v) is 6.14. The van der Waals surface area contributed by atoms with E-state index in [1.165, 1.54) is 0 Å². The summed E-state index contributed by atoms with van der Waals surface area (Å²) in [6.45, 7) is 9.44. The van der Waals surface area contributed by atoms with Crippen LogP contribution >= 0.6 is 0 Å². The van der Waals surface area contributed by atoms with E-state index in [1.807, 2.05) is 13.0 Å². The summed E-state index contributed by atoms with van der Waals surface area (Å²) in [5.74, 6) is 2.69. The van der Waals surface area contributed by atoms with Crippen molar-refractivity contribution in [3.05, 3.63) is 11.9 Å². The SMILES string of the molecule is CCNc1cc(N2CCOCC2C)nc(C)n1. The van der Waals surface area contributed by atoms with E-state index in [4.69, 9.17) is 4.74 Å². The molecule has 2 rings (SSSR count). The molecule has 1 saturated heterocycles. The molecule has 5 heteroatoms. The summed E-state index contributed by atoms with van der Waals surface area (Å²) in [4.78, 5) is 11.1. The summed E-state index contributed by atoms with van der Waals surface area (Å²) in [6.07, 6.45) is 0. The normalized spacial score (nSPS) is 20.4. The third-order valence-electron chi connectivity index (χ3n) is 2.84. The van der Waals surface area contributed by atoms with Gasteiger partial charge in [0.2, 0.25) is 0 Å². The first-order valence-electron chi connectivity index (χ1n) is 6.14. The van der Waals surface area contributed by atoms with Gasteiger partial charge in [0.15, 0.2) is 0 Å². The van der Waals surface area contributed by atoms with E-state index in [0.717, 1.165) is 43.8 Å². The summed E-state index contributed by atoms with van der Waals surface area (Å²) in [5, 5.41) is 3.23. The van der Waals surface area contributed by atoms with E-state index < -0.39 is 0 Å². The Labute approximate surface area is 102 Å². The van der Waals surface area contributed by atoms with Crippen LogP contribution in [0.5, 0.6) is 0 Å². The van der Waals surface area contributed by atoms with Crippen LogP contribution in [-0.2, 0) is 4.74 Å². The van der Waals surface area contributed by atoms with Gasteiger partial charge in [-0.25, -0.2) is 9.97 Å². The average molecular weight is 236 g/mol. The smallest absolute Gasteiger partial charge is 0.134 e. The van der Waals surface area contributed by atoms with Crippen molar-refractivity contribution in [1.29, 1.82) is 0 Å².